The number of nitrogens with one attached hydrogen (secondary N) is 2. The van der Waals surface area contributed by atoms with E-state index in [1.807, 2.05) is 24.8 Å². The summed E-state index contributed by atoms with van der Waals surface area (Å²) in [5.74, 6) is -0.350. The van der Waals surface area contributed by atoms with Crippen molar-refractivity contribution in [1.82, 2.24) is 4.90 Å². The maximum Gasteiger partial charge on any atom is 0.269 e. The predicted octanol–water partition coefficient (Wildman–Crippen LogP) is 3.57. The van der Waals surface area contributed by atoms with Crippen LogP contribution in [0.3, 0.4) is 0 Å². The molecule has 0 aliphatic rings. The fourth-order valence-corrected chi connectivity index (χ4v) is 2.86. The lowest BCUT2D eigenvalue weighted by Crippen LogP contribution is -2.35. The van der Waals surface area contributed by atoms with Crippen molar-refractivity contribution in [2.24, 2.45) is 0 Å². The van der Waals surface area contributed by atoms with E-state index in [4.69, 9.17) is 0 Å². The van der Waals surface area contributed by atoms with Gasteiger partial charge in [-0.1, -0.05) is 19.1 Å². The molecule has 0 aliphatic heterocycles. The van der Waals surface area contributed by atoms with E-state index in [9.17, 15) is 19.7 Å². The Morgan fingerprint density at radius 1 is 1.11 bits per heavy atom. The number of hydrogen-bond donors (Lipinski definition) is 2. The standard InChI is InChI=1S/C20H24N4O4/c1-4-23(14(2)16-6-5-7-19(12-16)24(27)28)13-20(26)22-18-10-8-17(9-11-18)21-15(3)25/h5-12,14H,4,13H2,1-3H3,(H,21,25)(H,22,26)/t14-/m0/s1. The van der Waals surface area contributed by atoms with Gasteiger partial charge in [-0.05, 0) is 43.3 Å². The van der Waals surface area contributed by atoms with Crippen LogP contribution >= 0.6 is 0 Å². The van der Waals surface area contributed by atoms with Crippen molar-refractivity contribution in [2.75, 3.05) is 23.7 Å². The largest absolute Gasteiger partial charge is 0.326 e. The number of anilines is 2. The van der Waals surface area contributed by atoms with Crippen LogP contribution in [-0.2, 0) is 9.59 Å². The van der Waals surface area contributed by atoms with Crippen molar-refractivity contribution in [2.45, 2.75) is 26.8 Å². The number of carbonyl (C=O) groups excluding carboxylic acids is 2. The molecular weight excluding hydrogens is 360 g/mol. The maximum atomic E-state index is 12.4. The van der Waals surface area contributed by atoms with Gasteiger partial charge >= 0.3 is 0 Å². The number of amides is 2. The summed E-state index contributed by atoms with van der Waals surface area (Å²) in [7, 11) is 0. The molecule has 28 heavy (non-hydrogen) atoms. The van der Waals surface area contributed by atoms with E-state index in [1.165, 1.54) is 19.1 Å². The van der Waals surface area contributed by atoms with Gasteiger partial charge in [0.2, 0.25) is 11.8 Å². The Kier molecular flexibility index (Phi) is 7.22. The second-order valence-electron chi connectivity index (χ2n) is 6.40. The second kappa shape index (κ2) is 9.61. The molecule has 2 amide bonds. The van der Waals surface area contributed by atoms with Crippen molar-refractivity contribution in [3.8, 4) is 0 Å². The van der Waals surface area contributed by atoms with E-state index in [-0.39, 0.29) is 30.1 Å². The van der Waals surface area contributed by atoms with Crippen LogP contribution in [0.2, 0.25) is 0 Å². The van der Waals surface area contributed by atoms with Gasteiger partial charge in [0.05, 0.1) is 11.5 Å². The zero-order chi connectivity index (χ0) is 20.7. The van der Waals surface area contributed by atoms with Gasteiger partial charge in [0.15, 0.2) is 0 Å². The number of carbonyl (C=O) groups is 2. The molecule has 0 spiro atoms. The third-order valence-corrected chi connectivity index (χ3v) is 4.35. The molecular formula is C20H24N4O4. The highest BCUT2D eigenvalue weighted by Gasteiger charge is 2.19. The molecule has 0 saturated carbocycles. The van der Waals surface area contributed by atoms with Crippen molar-refractivity contribution < 1.29 is 14.5 Å². The van der Waals surface area contributed by atoms with Crippen LogP contribution in [0.25, 0.3) is 0 Å². The summed E-state index contributed by atoms with van der Waals surface area (Å²) in [6.07, 6.45) is 0. The summed E-state index contributed by atoms with van der Waals surface area (Å²) >= 11 is 0. The van der Waals surface area contributed by atoms with Crippen LogP contribution in [0.1, 0.15) is 32.4 Å². The minimum Gasteiger partial charge on any atom is -0.326 e. The van der Waals surface area contributed by atoms with Crippen LogP contribution < -0.4 is 10.6 Å². The predicted molar refractivity (Wildman–Crippen MR) is 108 cm³/mol. The van der Waals surface area contributed by atoms with Gasteiger partial charge < -0.3 is 10.6 Å². The minimum atomic E-state index is -0.427. The van der Waals surface area contributed by atoms with Crippen molar-refractivity contribution in [3.05, 3.63) is 64.2 Å². The summed E-state index contributed by atoms with van der Waals surface area (Å²) < 4.78 is 0. The van der Waals surface area contributed by atoms with Gasteiger partial charge in [0.1, 0.15) is 0 Å². The molecule has 2 aromatic carbocycles. The topological polar surface area (TPSA) is 105 Å². The number of nitrogens with zero attached hydrogens (tertiary/aromatic N) is 2. The summed E-state index contributed by atoms with van der Waals surface area (Å²) in [6, 6.07) is 13.1. The summed E-state index contributed by atoms with van der Waals surface area (Å²) in [6.45, 7) is 6.03. The molecule has 8 heteroatoms. The Labute approximate surface area is 163 Å². The van der Waals surface area contributed by atoms with Gasteiger partial charge in [-0.3, -0.25) is 24.6 Å². The Hall–Kier alpha value is -3.26. The molecule has 0 saturated heterocycles. The maximum absolute atomic E-state index is 12.4. The summed E-state index contributed by atoms with van der Waals surface area (Å²) in [5, 5.41) is 16.5. The third kappa shape index (κ3) is 5.88. The van der Waals surface area contributed by atoms with Crippen molar-refractivity contribution >= 4 is 28.9 Å². The fourth-order valence-electron chi connectivity index (χ4n) is 2.86. The first-order valence-electron chi connectivity index (χ1n) is 8.96. The Balaban J connectivity index is 2.01. The Morgan fingerprint density at radius 3 is 2.25 bits per heavy atom. The van der Waals surface area contributed by atoms with E-state index in [1.54, 1.807) is 30.3 Å². The highest BCUT2D eigenvalue weighted by Crippen LogP contribution is 2.24. The van der Waals surface area contributed by atoms with Crippen LogP contribution in [0.15, 0.2) is 48.5 Å². The molecule has 2 aromatic rings. The van der Waals surface area contributed by atoms with Crippen LogP contribution in [-0.4, -0.2) is 34.7 Å². The van der Waals surface area contributed by atoms with E-state index in [0.717, 1.165) is 5.56 Å². The van der Waals surface area contributed by atoms with Crippen LogP contribution in [0.5, 0.6) is 0 Å². The lowest BCUT2D eigenvalue weighted by Gasteiger charge is -2.27. The molecule has 0 bridgehead atoms. The Bertz CT molecular complexity index is 852. The molecule has 0 aromatic heterocycles. The second-order valence-corrected chi connectivity index (χ2v) is 6.40. The molecule has 0 fully saturated rings. The van der Waals surface area contributed by atoms with Gasteiger partial charge in [-0.15, -0.1) is 0 Å². The number of hydrogen-bond acceptors (Lipinski definition) is 5. The number of rotatable bonds is 8. The lowest BCUT2D eigenvalue weighted by molar-refractivity contribution is -0.384. The van der Waals surface area contributed by atoms with E-state index in [2.05, 4.69) is 10.6 Å². The summed E-state index contributed by atoms with van der Waals surface area (Å²) in [5.41, 5.74) is 2.09. The number of nitro groups is 1. The first-order chi connectivity index (χ1) is 13.3. The van der Waals surface area contributed by atoms with Gasteiger partial charge in [-0.2, -0.15) is 0 Å². The third-order valence-electron chi connectivity index (χ3n) is 4.35. The number of non-ortho nitro benzene ring substituents is 1. The molecule has 8 nitrogen and oxygen atoms in total. The molecule has 2 N–H and O–H groups in total. The Morgan fingerprint density at radius 2 is 1.71 bits per heavy atom. The SMILES string of the molecule is CCN(CC(=O)Nc1ccc(NC(C)=O)cc1)[C@@H](C)c1cccc([N+](=O)[O-])c1. The van der Waals surface area contributed by atoms with E-state index in [0.29, 0.717) is 17.9 Å². The van der Waals surface area contributed by atoms with Gasteiger partial charge in [-0.25, -0.2) is 0 Å². The van der Waals surface area contributed by atoms with Gasteiger partial charge in [0.25, 0.3) is 5.69 Å². The normalized spacial score (nSPS) is 11.7. The number of benzene rings is 2. The first-order valence-corrected chi connectivity index (χ1v) is 8.96. The average Bonchev–Trinajstić information content (AvgIpc) is 2.66. The first kappa shape index (κ1) is 21.0. The van der Waals surface area contributed by atoms with E-state index >= 15 is 0 Å². The number of likely N-dealkylation sites (N-methyl/N-ethyl adjacent to an activating group) is 1. The van der Waals surface area contributed by atoms with Gasteiger partial charge in [0, 0.05) is 36.5 Å². The molecule has 0 radical (unpaired) electrons. The van der Waals surface area contributed by atoms with Crippen LogP contribution in [0.4, 0.5) is 17.1 Å². The fraction of sp³-hybridized carbons (Fsp3) is 0.300. The van der Waals surface area contributed by atoms with Crippen molar-refractivity contribution in [1.29, 1.82) is 0 Å². The highest BCUT2D eigenvalue weighted by molar-refractivity contribution is 5.93. The molecule has 148 valence electrons. The minimum absolute atomic E-state index is 0.0316. The summed E-state index contributed by atoms with van der Waals surface area (Å²) in [4.78, 5) is 36.0. The van der Waals surface area contributed by atoms with Crippen molar-refractivity contribution in [3.63, 3.8) is 0 Å². The number of nitro benzene ring substituents is 1. The molecule has 1 atom stereocenters. The zero-order valence-corrected chi connectivity index (χ0v) is 16.1. The molecule has 0 heterocycles. The molecule has 0 aliphatic carbocycles. The molecule has 2 rings (SSSR count). The zero-order valence-electron chi connectivity index (χ0n) is 16.1. The monoisotopic (exact) mass is 384 g/mol. The quantitative estimate of drug-likeness (QED) is 0.535. The average molecular weight is 384 g/mol. The van der Waals surface area contributed by atoms with Crippen LogP contribution in [0, 0.1) is 10.1 Å². The van der Waals surface area contributed by atoms with E-state index < -0.39 is 4.92 Å². The lowest BCUT2D eigenvalue weighted by atomic mass is 10.1. The smallest absolute Gasteiger partial charge is 0.269 e. The highest BCUT2D eigenvalue weighted by atomic mass is 16.6. The molecule has 0 unspecified atom stereocenters.